The molecule has 3 heteroatoms. The molecule has 0 saturated carbocycles. The molecule has 0 unspecified atom stereocenters. The fourth-order valence-electron chi connectivity index (χ4n) is 2.53. The van der Waals surface area contributed by atoms with E-state index in [-0.39, 0.29) is 11.9 Å². The molecule has 1 aromatic carbocycles. The quantitative estimate of drug-likeness (QED) is 0.891. The van der Waals surface area contributed by atoms with Gasteiger partial charge in [-0.15, -0.1) is 0 Å². The number of carbonyl (C=O) groups excluding carboxylic acids is 1. The van der Waals surface area contributed by atoms with Crippen molar-refractivity contribution in [1.82, 2.24) is 10.3 Å². The number of hydrogen-bond donors (Lipinski definition) is 1. The highest BCUT2D eigenvalue weighted by molar-refractivity contribution is 5.94. The highest BCUT2D eigenvalue weighted by Crippen LogP contribution is 2.21. The number of nitrogens with zero attached hydrogens (tertiary/aromatic N) is 1. The third-order valence-electron chi connectivity index (χ3n) is 3.56. The van der Waals surface area contributed by atoms with E-state index in [1.54, 1.807) is 6.20 Å². The van der Waals surface area contributed by atoms with Crippen molar-refractivity contribution in [3.8, 4) is 0 Å². The van der Waals surface area contributed by atoms with Crippen molar-refractivity contribution >= 4 is 5.91 Å². The molecule has 3 nitrogen and oxygen atoms in total. The predicted octanol–water partition coefficient (Wildman–Crippen LogP) is 2.29. The number of rotatable bonds is 2. The summed E-state index contributed by atoms with van der Waals surface area (Å²) in [7, 11) is 0. The Balaban J connectivity index is 1.67. The fraction of sp³-hybridized carbons (Fsp3) is 0.250. The van der Waals surface area contributed by atoms with Crippen LogP contribution < -0.4 is 5.32 Å². The van der Waals surface area contributed by atoms with Crippen molar-refractivity contribution in [2.24, 2.45) is 0 Å². The first kappa shape index (κ1) is 11.9. The van der Waals surface area contributed by atoms with Crippen LogP contribution in [0.2, 0.25) is 0 Å². The summed E-state index contributed by atoms with van der Waals surface area (Å²) in [5.74, 6) is -0.0368. The second-order valence-corrected chi connectivity index (χ2v) is 5.04. The minimum absolute atomic E-state index is 0.0368. The average Bonchev–Trinajstić information content (AvgIpc) is 2.81. The summed E-state index contributed by atoms with van der Waals surface area (Å²) >= 11 is 0. The molecule has 0 fully saturated rings. The van der Waals surface area contributed by atoms with Crippen LogP contribution in [0.1, 0.15) is 27.2 Å². The third kappa shape index (κ3) is 2.50. The second kappa shape index (κ2) is 4.84. The van der Waals surface area contributed by atoms with Crippen molar-refractivity contribution in [1.29, 1.82) is 0 Å². The first-order chi connectivity index (χ1) is 9.22. The smallest absolute Gasteiger partial charge is 0.253 e. The Morgan fingerprint density at radius 1 is 1.16 bits per heavy atom. The van der Waals surface area contributed by atoms with E-state index in [9.17, 15) is 4.79 Å². The Labute approximate surface area is 112 Å². The van der Waals surface area contributed by atoms with Gasteiger partial charge in [0.1, 0.15) is 0 Å². The highest BCUT2D eigenvalue weighted by atomic mass is 16.1. The van der Waals surface area contributed by atoms with Gasteiger partial charge in [0.15, 0.2) is 0 Å². The Kier molecular flexibility index (Phi) is 3.03. The molecule has 3 rings (SSSR count). The number of fused-ring (bicyclic) bond motifs is 1. The number of aryl methyl sites for hydroxylation is 1. The van der Waals surface area contributed by atoms with Gasteiger partial charge in [0.05, 0.1) is 5.56 Å². The van der Waals surface area contributed by atoms with Crippen molar-refractivity contribution in [2.45, 2.75) is 25.8 Å². The van der Waals surface area contributed by atoms with E-state index < -0.39 is 0 Å². The maximum Gasteiger partial charge on any atom is 0.253 e. The van der Waals surface area contributed by atoms with E-state index in [0.717, 1.165) is 18.5 Å². The number of benzene rings is 1. The van der Waals surface area contributed by atoms with Crippen LogP contribution in [0, 0.1) is 6.92 Å². The van der Waals surface area contributed by atoms with Crippen molar-refractivity contribution < 1.29 is 4.79 Å². The zero-order valence-electron chi connectivity index (χ0n) is 10.9. The van der Waals surface area contributed by atoms with Crippen LogP contribution in [0.4, 0.5) is 0 Å². The number of carbonyl (C=O) groups is 1. The normalized spacial score (nSPS) is 14.2. The molecule has 2 aromatic rings. The first-order valence-electron chi connectivity index (χ1n) is 6.52. The molecule has 0 atom stereocenters. The molecule has 0 spiro atoms. The minimum atomic E-state index is -0.0368. The molecule has 0 aliphatic heterocycles. The summed E-state index contributed by atoms with van der Waals surface area (Å²) in [4.78, 5) is 16.3. The highest BCUT2D eigenvalue weighted by Gasteiger charge is 2.22. The Morgan fingerprint density at radius 2 is 1.84 bits per heavy atom. The van der Waals surface area contributed by atoms with Gasteiger partial charge in [0.25, 0.3) is 5.91 Å². The zero-order chi connectivity index (χ0) is 13.2. The summed E-state index contributed by atoms with van der Waals surface area (Å²) in [6.07, 6.45) is 3.47. The van der Waals surface area contributed by atoms with Gasteiger partial charge in [-0.3, -0.25) is 9.78 Å². The molecule has 1 amide bonds. The molecule has 0 radical (unpaired) electrons. The number of amides is 1. The van der Waals surface area contributed by atoms with Gasteiger partial charge < -0.3 is 5.32 Å². The molecular formula is C16H16N2O. The van der Waals surface area contributed by atoms with Crippen LogP contribution in [0.5, 0.6) is 0 Å². The number of hydrogen-bond acceptors (Lipinski definition) is 2. The predicted molar refractivity (Wildman–Crippen MR) is 74.1 cm³/mol. The van der Waals surface area contributed by atoms with Gasteiger partial charge >= 0.3 is 0 Å². The van der Waals surface area contributed by atoms with Gasteiger partial charge in [-0.05, 0) is 43.0 Å². The lowest BCUT2D eigenvalue weighted by Crippen LogP contribution is -2.35. The second-order valence-electron chi connectivity index (χ2n) is 5.04. The zero-order valence-corrected chi connectivity index (χ0v) is 10.9. The summed E-state index contributed by atoms with van der Waals surface area (Å²) in [6, 6.07) is 12.2. The number of aromatic nitrogens is 1. The number of pyridine rings is 1. The van der Waals surface area contributed by atoms with E-state index in [2.05, 4.69) is 22.4 Å². The van der Waals surface area contributed by atoms with Gasteiger partial charge in [-0.2, -0.15) is 0 Å². The molecule has 1 heterocycles. The SMILES string of the molecule is Cc1ccc(C(=O)NC2Cc3ccccc3C2)cn1. The molecule has 1 aliphatic rings. The van der Waals surface area contributed by atoms with Gasteiger partial charge in [-0.1, -0.05) is 24.3 Å². The molecule has 19 heavy (non-hydrogen) atoms. The van der Waals surface area contributed by atoms with Crippen LogP contribution in [-0.2, 0) is 12.8 Å². The van der Waals surface area contributed by atoms with Gasteiger partial charge in [0, 0.05) is 17.9 Å². The van der Waals surface area contributed by atoms with E-state index in [4.69, 9.17) is 0 Å². The summed E-state index contributed by atoms with van der Waals surface area (Å²) in [6.45, 7) is 1.91. The van der Waals surface area contributed by atoms with Gasteiger partial charge in [-0.25, -0.2) is 0 Å². The molecule has 1 aromatic heterocycles. The fourth-order valence-corrected chi connectivity index (χ4v) is 2.53. The van der Waals surface area contributed by atoms with Crippen molar-refractivity contribution in [2.75, 3.05) is 0 Å². The van der Waals surface area contributed by atoms with Crippen molar-refractivity contribution in [3.63, 3.8) is 0 Å². The largest absolute Gasteiger partial charge is 0.349 e. The summed E-state index contributed by atoms with van der Waals surface area (Å²) in [5, 5.41) is 3.08. The van der Waals surface area contributed by atoms with E-state index in [0.29, 0.717) is 5.56 Å². The van der Waals surface area contributed by atoms with Crippen LogP contribution in [0.25, 0.3) is 0 Å². The summed E-state index contributed by atoms with van der Waals surface area (Å²) < 4.78 is 0. The van der Waals surface area contributed by atoms with Gasteiger partial charge in [0.2, 0.25) is 0 Å². The summed E-state index contributed by atoms with van der Waals surface area (Å²) in [5.41, 5.74) is 4.23. The maximum absolute atomic E-state index is 12.1. The Morgan fingerprint density at radius 3 is 2.42 bits per heavy atom. The van der Waals surface area contributed by atoms with E-state index >= 15 is 0 Å². The number of nitrogens with one attached hydrogen (secondary N) is 1. The Hall–Kier alpha value is -2.16. The lowest BCUT2D eigenvalue weighted by Gasteiger charge is -2.11. The molecular weight excluding hydrogens is 236 g/mol. The lowest BCUT2D eigenvalue weighted by atomic mass is 10.1. The average molecular weight is 252 g/mol. The van der Waals surface area contributed by atoms with Crippen molar-refractivity contribution in [3.05, 3.63) is 65.0 Å². The van der Waals surface area contributed by atoms with E-state index in [1.165, 1.54) is 11.1 Å². The molecule has 1 N–H and O–H groups in total. The molecule has 0 bridgehead atoms. The van der Waals surface area contributed by atoms with Crippen LogP contribution >= 0.6 is 0 Å². The monoisotopic (exact) mass is 252 g/mol. The minimum Gasteiger partial charge on any atom is -0.349 e. The van der Waals surface area contributed by atoms with Crippen LogP contribution in [0.3, 0.4) is 0 Å². The lowest BCUT2D eigenvalue weighted by molar-refractivity contribution is 0.0938. The maximum atomic E-state index is 12.1. The topological polar surface area (TPSA) is 42.0 Å². The Bertz CT molecular complexity index is 579. The molecule has 1 aliphatic carbocycles. The van der Waals surface area contributed by atoms with Crippen LogP contribution in [-0.4, -0.2) is 16.9 Å². The van der Waals surface area contributed by atoms with Crippen LogP contribution in [0.15, 0.2) is 42.6 Å². The van der Waals surface area contributed by atoms with E-state index in [1.807, 2.05) is 31.2 Å². The first-order valence-corrected chi connectivity index (χ1v) is 6.52. The molecule has 0 saturated heterocycles. The third-order valence-corrected chi connectivity index (χ3v) is 3.56. The molecule has 96 valence electrons. The standard InChI is InChI=1S/C16H16N2O/c1-11-6-7-14(10-17-11)16(19)18-15-8-12-4-2-3-5-13(12)9-15/h2-7,10,15H,8-9H2,1H3,(H,18,19).